The van der Waals surface area contributed by atoms with Gasteiger partial charge in [0.1, 0.15) is 5.65 Å². The molecule has 140 valence electrons. The second-order valence-electron chi connectivity index (χ2n) is 5.72. The first kappa shape index (κ1) is 19.0. The van der Waals surface area contributed by atoms with Gasteiger partial charge in [0.05, 0.1) is 27.4 Å². The molecule has 11 heteroatoms. The second kappa shape index (κ2) is 7.08. The Bertz CT molecular complexity index is 1190. The molecular formula is C16H14BrN5O4S. The molecule has 0 aliphatic rings. The van der Waals surface area contributed by atoms with Crippen LogP contribution in [0.1, 0.15) is 18.2 Å². The van der Waals surface area contributed by atoms with Gasteiger partial charge in [-0.25, -0.2) is 4.98 Å². The zero-order chi connectivity index (χ0) is 19.8. The highest BCUT2D eigenvalue weighted by Crippen LogP contribution is 2.21. The molecule has 0 unspecified atom stereocenters. The lowest BCUT2D eigenvalue weighted by Crippen LogP contribution is -2.21. The van der Waals surface area contributed by atoms with E-state index in [9.17, 15) is 18.5 Å². The molecule has 0 atom stereocenters. The smallest absolute Gasteiger partial charge is 0.277 e. The number of fused-ring (bicyclic) bond motifs is 1. The van der Waals surface area contributed by atoms with E-state index < -0.39 is 14.9 Å². The van der Waals surface area contributed by atoms with Gasteiger partial charge in [0, 0.05) is 22.8 Å². The fourth-order valence-corrected chi connectivity index (χ4v) is 3.91. The molecule has 1 N–H and O–H groups in total. The molecule has 0 saturated carbocycles. The maximum absolute atomic E-state index is 12.5. The normalized spacial score (nSPS) is 12.3. The minimum absolute atomic E-state index is 0.200. The number of rotatable bonds is 5. The van der Waals surface area contributed by atoms with E-state index in [1.807, 2.05) is 6.07 Å². The summed E-state index contributed by atoms with van der Waals surface area (Å²) in [5.41, 5.74) is 1.73. The van der Waals surface area contributed by atoms with Gasteiger partial charge in [-0.1, -0.05) is 6.07 Å². The summed E-state index contributed by atoms with van der Waals surface area (Å²) >= 11 is 3.37. The van der Waals surface area contributed by atoms with Gasteiger partial charge in [0.2, 0.25) is 0 Å². The summed E-state index contributed by atoms with van der Waals surface area (Å²) in [6.45, 7) is 3.18. The number of nitrogens with one attached hydrogen (secondary N) is 1. The summed E-state index contributed by atoms with van der Waals surface area (Å²) in [4.78, 5) is 16.4. The van der Waals surface area contributed by atoms with Crippen LogP contribution in [0.25, 0.3) is 5.65 Å². The van der Waals surface area contributed by atoms with Gasteiger partial charge < -0.3 is 0 Å². The van der Waals surface area contributed by atoms with Crippen molar-refractivity contribution >= 4 is 43.0 Å². The van der Waals surface area contributed by atoms with E-state index in [1.165, 1.54) is 12.1 Å². The Morgan fingerprint density at radius 3 is 2.78 bits per heavy atom. The Balaban J connectivity index is 1.95. The molecule has 1 aromatic carbocycles. The SMILES string of the molecule is C/C(=N\NS(=O)(=O)c1cc([N+](=O)[O-])ccc1C)c1cnc2ccc(Br)cn12. The quantitative estimate of drug-likeness (QED) is 0.363. The molecule has 2 heterocycles. The summed E-state index contributed by atoms with van der Waals surface area (Å²) < 4.78 is 27.7. The number of pyridine rings is 1. The number of hydrazone groups is 1. The fourth-order valence-electron chi connectivity index (χ4n) is 2.45. The van der Waals surface area contributed by atoms with Crippen molar-refractivity contribution in [3.05, 3.63) is 68.6 Å². The van der Waals surface area contributed by atoms with Gasteiger partial charge >= 0.3 is 0 Å². The number of aromatic nitrogens is 2. The number of halogens is 1. The second-order valence-corrected chi connectivity index (χ2v) is 8.26. The van der Waals surface area contributed by atoms with Crippen molar-refractivity contribution in [1.29, 1.82) is 0 Å². The van der Waals surface area contributed by atoms with E-state index >= 15 is 0 Å². The Morgan fingerprint density at radius 1 is 1.33 bits per heavy atom. The topological polar surface area (TPSA) is 119 Å². The molecule has 0 aliphatic heterocycles. The van der Waals surface area contributed by atoms with Crippen molar-refractivity contribution in [3.63, 3.8) is 0 Å². The van der Waals surface area contributed by atoms with Crippen LogP contribution in [0.3, 0.4) is 0 Å². The molecule has 0 radical (unpaired) electrons. The van der Waals surface area contributed by atoms with Crippen LogP contribution in [-0.2, 0) is 10.0 Å². The summed E-state index contributed by atoms with van der Waals surface area (Å²) in [5.74, 6) is 0. The predicted molar refractivity (Wildman–Crippen MR) is 103 cm³/mol. The summed E-state index contributed by atoms with van der Waals surface area (Å²) in [7, 11) is -4.08. The number of nitrogens with zero attached hydrogens (tertiary/aromatic N) is 4. The molecule has 0 aliphatic carbocycles. The van der Waals surface area contributed by atoms with Gasteiger partial charge in [-0.05, 0) is 47.5 Å². The minimum Gasteiger partial charge on any atom is -0.297 e. The van der Waals surface area contributed by atoms with Crippen LogP contribution in [0.5, 0.6) is 0 Å². The van der Waals surface area contributed by atoms with E-state index in [0.29, 0.717) is 22.6 Å². The van der Waals surface area contributed by atoms with Gasteiger partial charge in [-0.3, -0.25) is 14.5 Å². The number of hydrogen-bond donors (Lipinski definition) is 1. The Morgan fingerprint density at radius 2 is 2.07 bits per heavy atom. The lowest BCUT2D eigenvalue weighted by atomic mass is 10.2. The number of hydrogen-bond acceptors (Lipinski definition) is 6. The molecule has 0 bridgehead atoms. The first-order chi connectivity index (χ1) is 12.7. The molecule has 0 fully saturated rings. The number of imidazole rings is 1. The summed E-state index contributed by atoms with van der Waals surface area (Å²) in [6.07, 6.45) is 3.36. The van der Waals surface area contributed by atoms with Crippen molar-refractivity contribution in [3.8, 4) is 0 Å². The van der Waals surface area contributed by atoms with Crippen LogP contribution in [0.15, 0.2) is 57.2 Å². The van der Waals surface area contributed by atoms with Crippen molar-refractivity contribution in [1.82, 2.24) is 14.2 Å². The molecule has 27 heavy (non-hydrogen) atoms. The molecule has 3 rings (SSSR count). The number of non-ortho nitro benzene ring substituents is 1. The minimum atomic E-state index is -4.08. The average molecular weight is 452 g/mol. The van der Waals surface area contributed by atoms with Crippen molar-refractivity contribution in [2.75, 3.05) is 0 Å². The highest BCUT2D eigenvalue weighted by atomic mass is 79.9. The van der Waals surface area contributed by atoms with Crippen molar-refractivity contribution < 1.29 is 13.3 Å². The third-order valence-electron chi connectivity index (χ3n) is 3.85. The van der Waals surface area contributed by atoms with E-state index in [1.54, 1.807) is 36.7 Å². The van der Waals surface area contributed by atoms with E-state index in [0.717, 1.165) is 10.5 Å². The lowest BCUT2D eigenvalue weighted by molar-refractivity contribution is -0.385. The van der Waals surface area contributed by atoms with E-state index in [4.69, 9.17) is 0 Å². The van der Waals surface area contributed by atoms with Gasteiger partial charge in [-0.2, -0.15) is 18.4 Å². The molecule has 0 amide bonds. The standard InChI is InChI=1S/C16H14BrN5O4S/c1-10-3-5-13(22(23)24)7-15(10)27(25,26)20-19-11(2)14-8-18-16-6-4-12(17)9-21(14)16/h3-9,20H,1-2H3/b19-11+. The van der Waals surface area contributed by atoms with Crippen LogP contribution in [0, 0.1) is 17.0 Å². The molecule has 3 aromatic rings. The van der Waals surface area contributed by atoms with Gasteiger partial charge in [0.15, 0.2) is 0 Å². The molecule has 9 nitrogen and oxygen atoms in total. The molecule has 0 spiro atoms. The summed E-state index contributed by atoms with van der Waals surface area (Å²) in [5, 5.41) is 14.9. The van der Waals surface area contributed by atoms with Gasteiger partial charge in [-0.15, -0.1) is 0 Å². The largest absolute Gasteiger partial charge is 0.297 e. The zero-order valence-corrected chi connectivity index (χ0v) is 16.7. The van der Waals surface area contributed by atoms with E-state index in [2.05, 4.69) is 30.8 Å². The predicted octanol–water partition coefficient (Wildman–Crippen LogP) is 3.02. The van der Waals surface area contributed by atoms with Crippen LogP contribution >= 0.6 is 15.9 Å². The Labute approximate surface area is 163 Å². The summed E-state index contributed by atoms with van der Waals surface area (Å²) in [6, 6.07) is 7.28. The monoisotopic (exact) mass is 451 g/mol. The maximum Gasteiger partial charge on any atom is 0.277 e. The Hall–Kier alpha value is -2.79. The number of aryl methyl sites for hydroxylation is 1. The molecule has 2 aromatic heterocycles. The number of benzene rings is 1. The lowest BCUT2D eigenvalue weighted by Gasteiger charge is -2.08. The van der Waals surface area contributed by atoms with Crippen LogP contribution in [0.2, 0.25) is 0 Å². The van der Waals surface area contributed by atoms with Gasteiger partial charge in [0.25, 0.3) is 15.7 Å². The maximum atomic E-state index is 12.5. The average Bonchev–Trinajstić information content (AvgIpc) is 3.02. The van der Waals surface area contributed by atoms with Crippen LogP contribution in [0.4, 0.5) is 5.69 Å². The van der Waals surface area contributed by atoms with Crippen molar-refractivity contribution in [2.24, 2.45) is 5.10 Å². The van der Waals surface area contributed by atoms with E-state index in [-0.39, 0.29) is 10.6 Å². The molecular weight excluding hydrogens is 438 g/mol. The molecule has 0 saturated heterocycles. The Kier molecular flexibility index (Phi) is 4.98. The number of nitro groups is 1. The number of nitro benzene ring substituents is 1. The van der Waals surface area contributed by atoms with Crippen LogP contribution in [-0.4, -0.2) is 28.4 Å². The zero-order valence-electron chi connectivity index (χ0n) is 14.2. The van der Waals surface area contributed by atoms with Crippen LogP contribution < -0.4 is 4.83 Å². The first-order valence-electron chi connectivity index (χ1n) is 7.63. The highest BCUT2D eigenvalue weighted by molar-refractivity contribution is 9.10. The highest BCUT2D eigenvalue weighted by Gasteiger charge is 2.20. The fraction of sp³-hybridized carbons (Fsp3) is 0.125. The van der Waals surface area contributed by atoms with Crippen molar-refractivity contribution in [2.45, 2.75) is 18.7 Å². The third-order valence-corrected chi connectivity index (χ3v) is 5.67. The number of sulfonamides is 1. The third kappa shape index (κ3) is 3.83. The first-order valence-corrected chi connectivity index (χ1v) is 9.91.